The molecule has 90 valence electrons. The maximum Gasteiger partial charge on any atom is 0.269 e. The van der Waals surface area contributed by atoms with Gasteiger partial charge in [-0.05, 0) is 37.6 Å². The van der Waals surface area contributed by atoms with Crippen LogP contribution in [0.4, 0.5) is 0 Å². The number of nitrogens with zero attached hydrogens (tertiary/aromatic N) is 3. The van der Waals surface area contributed by atoms with Crippen LogP contribution in [-0.4, -0.2) is 9.55 Å². The van der Waals surface area contributed by atoms with Gasteiger partial charge < -0.3 is 4.57 Å². The lowest BCUT2D eigenvalue weighted by atomic mass is 10.0. The van der Waals surface area contributed by atoms with E-state index in [1.165, 1.54) is 0 Å². The number of hydrogen-bond donors (Lipinski definition) is 0. The highest BCUT2D eigenvalue weighted by Gasteiger charge is 2.12. The first-order valence-corrected chi connectivity index (χ1v) is 5.70. The number of hydrogen-bond acceptors (Lipinski definition) is 3. The summed E-state index contributed by atoms with van der Waals surface area (Å²) in [5, 5.41) is 9.19. The summed E-state index contributed by atoms with van der Waals surface area (Å²) in [6, 6.07) is 7.42. The number of nitriles is 1. The van der Waals surface area contributed by atoms with Crippen LogP contribution in [0.2, 0.25) is 0 Å². The highest BCUT2D eigenvalue weighted by atomic mass is 16.1. The predicted molar refractivity (Wildman–Crippen MR) is 69.0 cm³/mol. The molecule has 2 rings (SSSR count). The van der Waals surface area contributed by atoms with Crippen molar-refractivity contribution in [2.24, 2.45) is 0 Å². The second-order valence-corrected chi connectivity index (χ2v) is 4.26. The number of aromatic nitrogens is 2. The molecular weight excluding hydrogens is 226 g/mol. The van der Waals surface area contributed by atoms with Crippen molar-refractivity contribution in [3.05, 3.63) is 52.7 Å². The summed E-state index contributed by atoms with van der Waals surface area (Å²) in [7, 11) is 0. The largest absolute Gasteiger partial charge is 0.312 e. The summed E-state index contributed by atoms with van der Waals surface area (Å²) in [5.74, 6) is 0. The molecule has 18 heavy (non-hydrogen) atoms. The van der Waals surface area contributed by atoms with E-state index in [4.69, 9.17) is 0 Å². The molecule has 2 aromatic rings. The van der Waals surface area contributed by atoms with Gasteiger partial charge in [0.2, 0.25) is 0 Å². The Balaban J connectivity index is 2.69. The van der Waals surface area contributed by atoms with Gasteiger partial charge in [-0.2, -0.15) is 5.26 Å². The minimum absolute atomic E-state index is 0.0380. The summed E-state index contributed by atoms with van der Waals surface area (Å²) < 4.78 is 1.56. The molecule has 0 aliphatic carbocycles. The van der Waals surface area contributed by atoms with Crippen LogP contribution >= 0.6 is 0 Å². The van der Waals surface area contributed by atoms with Crippen LogP contribution in [0.25, 0.3) is 11.1 Å². The predicted octanol–water partition coefficient (Wildman–Crippen LogP) is 2.36. The van der Waals surface area contributed by atoms with E-state index >= 15 is 0 Å². The standard InChI is InChI=1S/C14H13N3O/c1-10(2)17-8-5-12(13(9-15)14(17)18)11-3-6-16-7-4-11/h3-8,10H,1-2H3. The van der Waals surface area contributed by atoms with Crippen LogP contribution in [-0.2, 0) is 0 Å². The Labute approximate surface area is 105 Å². The number of pyridine rings is 2. The average Bonchev–Trinajstić information content (AvgIpc) is 2.39. The molecule has 0 unspecified atom stereocenters. The molecular formula is C14H13N3O. The summed E-state index contributed by atoms with van der Waals surface area (Å²) in [6.45, 7) is 3.82. The van der Waals surface area contributed by atoms with Crippen molar-refractivity contribution >= 4 is 0 Å². The summed E-state index contributed by atoms with van der Waals surface area (Å²) in [6.07, 6.45) is 5.01. The topological polar surface area (TPSA) is 58.7 Å². The molecule has 0 aliphatic rings. The summed E-state index contributed by atoms with van der Waals surface area (Å²) in [5.41, 5.74) is 1.41. The van der Waals surface area contributed by atoms with E-state index in [2.05, 4.69) is 4.98 Å². The van der Waals surface area contributed by atoms with Crippen LogP contribution in [0.3, 0.4) is 0 Å². The first-order chi connectivity index (χ1) is 8.65. The van der Waals surface area contributed by atoms with E-state index in [-0.39, 0.29) is 17.2 Å². The lowest BCUT2D eigenvalue weighted by Gasteiger charge is -2.12. The van der Waals surface area contributed by atoms with Crippen LogP contribution < -0.4 is 5.56 Å². The van der Waals surface area contributed by atoms with Crippen molar-refractivity contribution in [1.82, 2.24) is 9.55 Å². The van der Waals surface area contributed by atoms with Gasteiger partial charge in [0.25, 0.3) is 5.56 Å². The van der Waals surface area contributed by atoms with Gasteiger partial charge in [0, 0.05) is 30.2 Å². The van der Waals surface area contributed by atoms with E-state index in [0.29, 0.717) is 5.56 Å². The van der Waals surface area contributed by atoms with Gasteiger partial charge in [0.05, 0.1) is 0 Å². The molecule has 0 amide bonds. The van der Waals surface area contributed by atoms with E-state index in [1.807, 2.05) is 19.9 Å². The van der Waals surface area contributed by atoms with Crippen LogP contribution in [0.5, 0.6) is 0 Å². The quantitative estimate of drug-likeness (QED) is 0.808. The molecule has 0 atom stereocenters. The third-order valence-corrected chi connectivity index (χ3v) is 2.78. The van der Waals surface area contributed by atoms with Gasteiger partial charge in [-0.25, -0.2) is 0 Å². The minimum atomic E-state index is -0.248. The zero-order valence-electron chi connectivity index (χ0n) is 10.3. The van der Waals surface area contributed by atoms with Crippen molar-refractivity contribution in [3.63, 3.8) is 0 Å². The van der Waals surface area contributed by atoms with E-state index < -0.39 is 0 Å². The summed E-state index contributed by atoms with van der Waals surface area (Å²) >= 11 is 0. The maximum atomic E-state index is 12.2. The smallest absolute Gasteiger partial charge is 0.269 e. The SMILES string of the molecule is CC(C)n1ccc(-c2ccncc2)c(C#N)c1=O. The Kier molecular flexibility index (Phi) is 3.24. The Hall–Kier alpha value is -2.41. The molecule has 0 N–H and O–H groups in total. The van der Waals surface area contributed by atoms with Crippen LogP contribution in [0, 0.1) is 11.3 Å². The van der Waals surface area contributed by atoms with E-state index in [9.17, 15) is 10.1 Å². The molecule has 4 nitrogen and oxygen atoms in total. The first-order valence-electron chi connectivity index (χ1n) is 5.70. The Bertz CT molecular complexity index is 651. The van der Waals surface area contributed by atoms with E-state index in [0.717, 1.165) is 5.56 Å². The zero-order valence-corrected chi connectivity index (χ0v) is 10.3. The molecule has 0 bridgehead atoms. The van der Waals surface area contributed by atoms with Crippen molar-refractivity contribution in [2.75, 3.05) is 0 Å². The Morgan fingerprint density at radius 1 is 1.28 bits per heavy atom. The second kappa shape index (κ2) is 4.84. The van der Waals surface area contributed by atoms with E-state index in [1.54, 1.807) is 41.4 Å². The third kappa shape index (κ3) is 2.03. The minimum Gasteiger partial charge on any atom is -0.312 e. The monoisotopic (exact) mass is 239 g/mol. The van der Waals surface area contributed by atoms with Gasteiger partial charge >= 0.3 is 0 Å². The molecule has 0 radical (unpaired) electrons. The molecule has 0 aromatic carbocycles. The lowest BCUT2D eigenvalue weighted by molar-refractivity contribution is 0.577. The average molecular weight is 239 g/mol. The molecule has 2 aromatic heterocycles. The normalized spacial score (nSPS) is 10.3. The molecule has 4 heteroatoms. The first kappa shape index (κ1) is 12.1. The molecule has 0 aliphatic heterocycles. The maximum absolute atomic E-state index is 12.2. The van der Waals surface area contributed by atoms with Crippen LogP contribution in [0.1, 0.15) is 25.5 Å². The molecule has 0 saturated heterocycles. The van der Waals surface area contributed by atoms with Gasteiger partial charge in [-0.3, -0.25) is 9.78 Å². The van der Waals surface area contributed by atoms with Gasteiger partial charge in [0.15, 0.2) is 0 Å². The zero-order chi connectivity index (χ0) is 13.1. The van der Waals surface area contributed by atoms with Crippen molar-refractivity contribution in [2.45, 2.75) is 19.9 Å². The van der Waals surface area contributed by atoms with Gasteiger partial charge in [-0.1, -0.05) is 0 Å². The Morgan fingerprint density at radius 2 is 1.94 bits per heavy atom. The fourth-order valence-corrected chi connectivity index (χ4v) is 1.84. The fourth-order valence-electron chi connectivity index (χ4n) is 1.84. The van der Waals surface area contributed by atoms with Crippen molar-refractivity contribution < 1.29 is 0 Å². The molecule has 0 fully saturated rings. The second-order valence-electron chi connectivity index (χ2n) is 4.26. The van der Waals surface area contributed by atoms with Gasteiger partial charge in [-0.15, -0.1) is 0 Å². The van der Waals surface area contributed by atoms with Gasteiger partial charge in [0.1, 0.15) is 11.6 Å². The van der Waals surface area contributed by atoms with Crippen molar-refractivity contribution in [3.8, 4) is 17.2 Å². The number of rotatable bonds is 2. The molecule has 0 saturated carbocycles. The summed E-state index contributed by atoms with van der Waals surface area (Å²) in [4.78, 5) is 16.1. The highest BCUT2D eigenvalue weighted by Crippen LogP contribution is 2.20. The van der Waals surface area contributed by atoms with Crippen LogP contribution in [0.15, 0.2) is 41.6 Å². The highest BCUT2D eigenvalue weighted by molar-refractivity contribution is 5.69. The van der Waals surface area contributed by atoms with Crippen molar-refractivity contribution in [1.29, 1.82) is 5.26 Å². The molecule has 0 spiro atoms. The third-order valence-electron chi connectivity index (χ3n) is 2.78. The lowest BCUT2D eigenvalue weighted by Crippen LogP contribution is -2.24. The molecule has 2 heterocycles. The fraction of sp³-hybridized carbons (Fsp3) is 0.214. The Morgan fingerprint density at radius 3 is 2.50 bits per heavy atom.